The Morgan fingerprint density at radius 1 is 1.23 bits per heavy atom. The SMILES string of the molecule is CCNc1nc(C)c2nc(-c3cnc4[nH]ccc4c3)c(=O)n(C3CCNCC3)c2n1. The van der Waals surface area contributed by atoms with Crippen molar-refractivity contribution in [1.82, 2.24) is 34.8 Å². The minimum atomic E-state index is -0.133. The average molecular weight is 404 g/mol. The molecule has 0 amide bonds. The quantitative estimate of drug-likeness (QED) is 0.479. The summed E-state index contributed by atoms with van der Waals surface area (Å²) in [4.78, 5) is 35.2. The first-order valence-electron chi connectivity index (χ1n) is 10.3. The fraction of sp³-hybridized carbons (Fsp3) is 0.381. The predicted molar refractivity (Wildman–Crippen MR) is 117 cm³/mol. The summed E-state index contributed by atoms with van der Waals surface area (Å²) in [5.74, 6) is 0.523. The number of piperidine rings is 1. The molecule has 0 aliphatic carbocycles. The van der Waals surface area contributed by atoms with Gasteiger partial charge in [0.25, 0.3) is 5.56 Å². The second-order valence-electron chi connectivity index (χ2n) is 7.59. The first-order chi connectivity index (χ1) is 14.7. The molecule has 1 aliphatic rings. The number of rotatable bonds is 4. The third-order valence-corrected chi connectivity index (χ3v) is 5.60. The van der Waals surface area contributed by atoms with Crippen LogP contribution in [-0.4, -0.2) is 49.1 Å². The van der Waals surface area contributed by atoms with Crippen LogP contribution in [0.1, 0.15) is 31.5 Å². The van der Waals surface area contributed by atoms with Gasteiger partial charge in [-0.3, -0.25) is 9.36 Å². The molecule has 1 saturated heterocycles. The largest absolute Gasteiger partial charge is 0.354 e. The molecule has 9 heteroatoms. The van der Waals surface area contributed by atoms with Crippen molar-refractivity contribution < 1.29 is 0 Å². The van der Waals surface area contributed by atoms with Crippen LogP contribution < -0.4 is 16.2 Å². The van der Waals surface area contributed by atoms with E-state index in [1.165, 1.54) is 0 Å². The lowest BCUT2D eigenvalue weighted by Gasteiger charge is -2.26. The molecule has 4 aromatic heterocycles. The molecule has 9 nitrogen and oxygen atoms in total. The van der Waals surface area contributed by atoms with Gasteiger partial charge in [-0.15, -0.1) is 0 Å². The first kappa shape index (κ1) is 18.7. The average Bonchev–Trinajstić information content (AvgIpc) is 3.22. The summed E-state index contributed by atoms with van der Waals surface area (Å²) in [6.45, 7) is 6.35. The fourth-order valence-corrected chi connectivity index (χ4v) is 4.12. The van der Waals surface area contributed by atoms with Gasteiger partial charge < -0.3 is 15.6 Å². The van der Waals surface area contributed by atoms with Gasteiger partial charge in [-0.25, -0.2) is 15.0 Å². The summed E-state index contributed by atoms with van der Waals surface area (Å²) in [6.07, 6.45) is 5.27. The molecule has 1 fully saturated rings. The highest BCUT2D eigenvalue weighted by atomic mass is 16.1. The number of aryl methyl sites for hydroxylation is 1. The summed E-state index contributed by atoms with van der Waals surface area (Å²) in [7, 11) is 0. The molecule has 30 heavy (non-hydrogen) atoms. The van der Waals surface area contributed by atoms with Crippen LogP contribution in [-0.2, 0) is 0 Å². The molecule has 0 atom stereocenters. The molecule has 0 aromatic carbocycles. The van der Waals surface area contributed by atoms with Crippen LogP contribution in [0, 0.1) is 6.92 Å². The van der Waals surface area contributed by atoms with Crippen LogP contribution in [0.5, 0.6) is 0 Å². The van der Waals surface area contributed by atoms with E-state index in [9.17, 15) is 4.79 Å². The highest BCUT2D eigenvalue weighted by molar-refractivity contribution is 5.82. The molecule has 1 aliphatic heterocycles. The summed E-state index contributed by atoms with van der Waals surface area (Å²) in [5.41, 5.74) is 3.73. The lowest BCUT2D eigenvalue weighted by molar-refractivity contribution is 0.367. The van der Waals surface area contributed by atoms with Crippen molar-refractivity contribution in [3.8, 4) is 11.3 Å². The van der Waals surface area contributed by atoms with Gasteiger partial charge in [-0.05, 0) is 51.9 Å². The third-order valence-electron chi connectivity index (χ3n) is 5.60. The molecular formula is C21H24N8O. The Labute approximate surface area is 173 Å². The second kappa shape index (κ2) is 7.49. The summed E-state index contributed by atoms with van der Waals surface area (Å²) in [6, 6.07) is 3.95. The number of hydrogen-bond donors (Lipinski definition) is 3. The van der Waals surface area contributed by atoms with Gasteiger partial charge in [0.15, 0.2) is 5.65 Å². The number of nitrogens with one attached hydrogen (secondary N) is 3. The van der Waals surface area contributed by atoms with Gasteiger partial charge in [0, 0.05) is 35.9 Å². The van der Waals surface area contributed by atoms with Crippen molar-refractivity contribution in [1.29, 1.82) is 0 Å². The lowest BCUT2D eigenvalue weighted by atomic mass is 10.1. The molecule has 5 rings (SSSR count). The lowest BCUT2D eigenvalue weighted by Crippen LogP contribution is -2.36. The number of fused-ring (bicyclic) bond motifs is 2. The van der Waals surface area contributed by atoms with Crippen molar-refractivity contribution in [2.45, 2.75) is 32.7 Å². The van der Waals surface area contributed by atoms with Gasteiger partial charge in [0.1, 0.15) is 16.9 Å². The third kappa shape index (κ3) is 3.11. The number of anilines is 1. The second-order valence-corrected chi connectivity index (χ2v) is 7.59. The fourth-order valence-electron chi connectivity index (χ4n) is 4.12. The Hall–Kier alpha value is -3.33. The zero-order valence-electron chi connectivity index (χ0n) is 17.1. The van der Waals surface area contributed by atoms with Crippen molar-refractivity contribution in [2.24, 2.45) is 0 Å². The highest BCUT2D eigenvalue weighted by Crippen LogP contribution is 2.26. The molecule has 0 spiro atoms. The molecule has 0 unspecified atom stereocenters. The van der Waals surface area contributed by atoms with Crippen LogP contribution in [0.4, 0.5) is 5.95 Å². The Morgan fingerprint density at radius 3 is 2.87 bits per heavy atom. The first-order valence-corrected chi connectivity index (χ1v) is 10.3. The normalized spacial score (nSPS) is 15.1. The maximum Gasteiger partial charge on any atom is 0.279 e. The zero-order chi connectivity index (χ0) is 20.7. The predicted octanol–water partition coefficient (Wildman–Crippen LogP) is 2.39. The van der Waals surface area contributed by atoms with Crippen LogP contribution in [0.25, 0.3) is 33.5 Å². The van der Waals surface area contributed by atoms with Gasteiger partial charge in [0.05, 0.1) is 5.69 Å². The van der Waals surface area contributed by atoms with Gasteiger partial charge >= 0.3 is 0 Å². The number of hydrogen-bond acceptors (Lipinski definition) is 7. The van der Waals surface area contributed by atoms with Gasteiger partial charge in [-0.2, -0.15) is 4.98 Å². The minimum absolute atomic E-state index is 0.0655. The van der Waals surface area contributed by atoms with Crippen molar-refractivity contribution >= 4 is 28.1 Å². The molecule has 4 aromatic rings. The van der Waals surface area contributed by atoms with E-state index in [1.54, 1.807) is 6.20 Å². The van der Waals surface area contributed by atoms with Crippen molar-refractivity contribution in [3.63, 3.8) is 0 Å². The maximum absolute atomic E-state index is 13.7. The smallest absolute Gasteiger partial charge is 0.279 e. The number of aromatic amines is 1. The van der Waals surface area contributed by atoms with Crippen LogP contribution in [0.2, 0.25) is 0 Å². The van der Waals surface area contributed by atoms with E-state index in [1.807, 2.05) is 36.7 Å². The van der Waals surface area contributed by atoms with E-state index in [0.29, 0.717) is 34.9 Å². The van der Waals surface area contributed by atoms with E-state index in [0.717, 1.165) is 42.7 Å². The van der Waals surface area contributed by atoms with Crippen molar-refractivity contribution in [2.75, 3.05) is 25.0 Å². The van der Waals surface area contributed by atoms with E-state index < -0.39 is 0 Å². The van der Waals surface area contributed by atoms with Crippen LogP contribution in [0.15, 0.2) is 29.3 Å². The summed E-state index contributed by atoms with van der Waals surface area (Å²) in [5, 5.41) is 7.47. The Bertz CT molecular complexity index is 1290. The maximum atomic E-state index is 13.7. The summed E-state index contributed by atoms with van der Waals surface area (Å²) < 4.78 is 1.83. The van der Waals surface area contributed by atoms with E-state index in [4.69, 9.17) is 4.98 Å². The number of nitrogens with zero attached hydrogens (tertiary/aromatic N) is 5. The molecular weight excluding hydrogens is 380 g/mol. The molecule has 0 radical (unpaired) electrons. The van der Waals surface area contributed by atoms with Gasteiger partial charge in [-0.1, -0.05) is 0 Å². The molecule has 5 heterocycles. The molecule has 3 N–H and O–H groups in total. The standard InChI is InChI=1S/C21H24N8O/c1-3-23-21-26-12(2)16-19(28-21)29(15-5-7-22-8-6-15)20(30)17(27-16)14-10-13-4-9-24-18(13)25-11-14/h4,9-11,15,22H,3,5-8H2,1-2H3,(H,24,25)(H,23,26,28). The number of aromatic nitrogens is 6. The monoisotopic (exact) mass is 404 g/mol. The van der Waals surface area contributed by atoms with Crippen molar-refractivity contribution in [3.05, 3.63) is 40.6 Å². The number of H-pyrrole nitrogens is 1. The van der Waals surface area contributed by atoms with Gasteiger partial charge in [0.2, 0.25) is 5.95 Å². The molecule has 154 valence electrons. The van der Waals surface area contributed by atoms with Crippen LogP contribution >= 0.6 is 0 Å². The molecule has 0 saturated carbocycles. The molecule has 0 bridgehead atoms. The van der Waals surface area contributed by atoms with Crippen LogP contribution in [0.3, 0.4) is 0 Å². The minimum Gasteiger partial charge on any atom is -0.354 e. The summed E-state index contributed by atoms with van der Waals surface area (Å²) >= 11 is 0. The highest BCUT2D eigenvalue weighted by Gasteiger charge is 2.24. The Morgan fingerprint density at radius 2 is 2.07 bits per heavy atom. The topological polar surface area (TPSA) is 113 Å². The Balaban J connectivity index is 1.79. The zero-order valence-corrected chi connectivity index (χ0v) is 17.1. The van der Waals surface area contributed by atoms with E-state index >= 15 is 0 Å². The Kier molecular flexibility index (Phi) is 4.66. The van der Waals surface area contributed by atoms with E-state index in [2.05, 4.69) is 30.6 Å². The van der Waals surface area contributed by atoms with E-state index in [-0.39, 0.29) is 11.6 Å². The number of pyridine rings is 1.